The largest absolute Gasteiger partial charge is 0.493 e. The maximum absolute atomic E-state index is 12.0. The SMILES string of the molecule is CCS(=O)(=O)N[C@@H]1CCN(C(C)=O)C[C@H]1COc1ccc(C2CC2)cc1. The summed E-state index contributed by atoms with van der Waals surface area (Å²) >= 11 is 0. The lowest BCUT2D eigenvalue weighted by Gasteiger charge is -2.38. The zero-order valence-corrected chi connectivity index (χ0v) is 16.3. The van der Waals surface area contributed by atoms with Gasteiger partial charge in [0, 0.05) is 32.0 Å². The third-order valence-corrected chi connectivity index (χ3v) is 6.71. The molecule has 0 aromatic heterocycles. The van der Waals surface area contributed by atoms with Crippen molar-refractivity contribution in [2.45, 2.75) is 45.1 Å². The first kappa shape index (κ1) is 19.2. The van der Waals surface area contributed by atoms with Gasteiger partial charge in [0.25, 0.3) is 0 Å². The Kier molecular flexibility index (Phi) is 5.87. The van der Waals surface area contributed by atoms with Crippen LogP contribution in [0.5, 0.6) is 5.75 Å². The number of amides is 1. The Hall–Kier alpha value is -1.60. The fourth-order valence-electron chi connectivity index (χ4n) is 3.41. The van der Waals surface area contributed by atoms with E-state index in [4.69, 9.17) is 4.74 Å². The van der Waals surface area contributed by atoms with E-state index >= 15 is 0 Å². The van der Waals surface area contributed by atoms with Crippen molar-refractivity contribution in [3.8, 4) is 5.75 Å². The van der Waals surface area contributed by atoms with E-state index in [1.807, 2.05) is 12.1 Å². The molecule has 1 heterocycles. The normalized spacial score (nSPS) is 23.7. The molecule has 26 heavy (non-hydrogen) atoms. The Morgan fingerprint density at radius 3 is 2.50 bits per heavy atom. The van der Waals surface area contributed by atoms with Crippen LogP contribution in [-0.4, -0.2) is 50.7 Å². The predicted molar refractivity (Wildman–Crippen MR) is 101 cm³/mol. The highest BCUT2D eigenvalue weighted by atomic mass is 32.2. The van der Waals surface area contributed by atoms with Gasteiger partial charge in [0.1, 0.15) is 5.75 Å². The van der Waals surface area contributed by atoms with Gasteiger partial charge in [0.15, 0.2) is 0 Å². The third-order valence-electron chi connectivity index (χ3n) is 5.28. The molecular weight excluding hydrogens is 352 g/mol. The van der Waals surface area contributed by atoms with Gasteiger partial charge in [-0.3, -0.25) is 4.79 Å². The van der Waals surface area contributed by atoms with Crippen molar-refractivity contribution in [1.29, 1.82) is 0 Å². The fraction of sp³-hybridized carbons (Fsp3) is 0.632. The molecule has 2 aliphatic rings. The van der Waals surface area contributed by atoms with Crippen molar-refractivity contribution in [3.63, 3.8) is 0 Å². The molecule has 7 heteroatoms. The van der Waals surface area contributed by atoms with Crippen molar-refractivity contribution in [2.24, 2.45) is 5.92 Å². The van der Waals surface area contributed by atoms with Gasteiger partial charge in [0.2, 0.25) is 15.9 Å². The molecule has 1 N–H and O–H groups in total. The zero-order chi connectivity index (χ0) is 18.7. The summed E-state index contributed by atoms with van der Waals surface area (Å²) in [5.41, 5.74) is 1.35. The van der Waals surface area contributed by atoms with Crippen LogP contribution in [0.25, 0.3) is 0 Å². The summed E-state index contributed by atoms with van der Waals surface area (Å²) in [7, 11) is -3.29. The maximum Gasteiger partial charge on any atom is 0.219 e. The Labute approximate surface area is 156 Å². The van der Waals surface area contributed by atoms with Crippen LogP contribution in [0.2, 0.25) is 0 Å². The first-order valence-corrected chi connectivity index (χ1v) is 11.0. The van der Waals surface area contributed by atoms with Crippen LogP contribution in [0.3, 0.4) is 0 Å². The Balaban J connectivity index is 1.63. The maximum atomic E-state index is 12.0. The molecule has 1 aliphatic carbocycles. The summed E-state index contributed by atoms with van der Waals surface area (Å²) in [6.07, 6.45) is 3.14. The number of carbonyl (C=O) groups is 1. The molecule has 0 unspecified atom stereocenters. The number of hydrogen-bond donors (Lipinski definition) is 1. The first-order valence-electron chi connectivity index (χ1n) is 9.36. The van der Waals surface area contributed by atoms with Crippen molar-refractivity contribution in [2.75, 3.05) is 25.4 Å². The first-order chi connectivity index (χ1) is 12.4. The van der Waals surface area contributed by atoms with Crippen molar-refractivity contribution < 1.29 is 17.9 Å². The van der Waals surface area contributed by atoms with E-state index in [2.05, 4.69) is 16.9 Å². The number of likely N-dealkylation sites (tertiary alicyclic amines) is 1. The second-order valence-corrected chi connectivity index (χ2v) is 9.34. The highest BCUT2D eigenvalue weighted by Gasteiger charge is 2.33. The summed E-state index contributed by atoms with van der Waals surface area (Å²) in [5, 5.41) is 0. The van der Waals surface area contributed by atoms with Gasteiger partial charge in [-0.15, -0.1) is 0 Å². The topological polar surface area (TPSA) is 75.7 Å². The number of piperidine rings is 1. The summed E-state index contributed by atoms with van der Waals surface area (Å²) in [6.45, 7) is 4.62. The molecule has 2 fully saturated rings. The van der Waals surface area contributed by atoms with Gasteiger partial charge >= 0.3 is 0 Å². The molecule has 1 saturated carbocycles. The molecule has 0 spiro atoms. The predicted octanol–water partition coefficient (Wildman–Crippen LogP) is 2.12. The molecule has 0 bridgehead atoms. The highest BCUT2D eigenvalue weighted by Crippen LogP contribution is 2.40. The third kappa shape index (κ3) is 4.98. The van der Waals surface area contributed by atoms with Crippen LogP contribution >= 0.6 is 0 Å². The highest BCUT2D eigenvalue weighted by molar-refractivity contribution is 7.89. The molecule has 6 nitrogen and oxygen atoms in total. The van der Waals surface area contributed by atoms with E-state index in [0.29, 0.717) is 32.0 Å². The number of sulfonamides is 1. The molecule has 2 atom stereocenters. The molecule has 1 amide bonds. The van der Waals surface area contributed by atoms with Gasteiger partial charge in [-0.1, -0.05) is 12.1 Å². The molecule has 1 aromatic carbocycles. The second kappa shape index (κ2) is 7.96. The average molecular weight is 381 g/mol. The second-order valence-electron chi connectivity index (χ2n) is 7.30. The van der Waals surface area contributed by atoms with E-state index < -0.39 is 10.0 Å². The number of carbonyl (C=O) groups excluding carboxylic acids is 1. The summed E-state index contributed by atoms with van der Waals surface area (Å²) in [6, 6.07) is 7.95. The van der Waals surface area contributed by atoms with E-state index in [1.165, 1.54) is 18.4 Å². The summed E-state index contributed by atoms with van der Waals surface area (Å²) < 4.78 is 32.7. The molecule has 1 saturated heterocycles. The van der Waals surface area contributed by atoms with Gasteiger partial charge < -0.3 is 9.64 Å². The number of rotatable bonds is 7. The van der Waals surface area contributed by atoms with E-state index in [-0.39, 0.29) is 23.6 Å². The molecule has 1 aromatic rings. The quantitative estimate of drug-likeness (QED) is 0.786. The zero-order valence-electron chi connectivity index (χ0n) is 15.5. The van der Waals surface area contributed by atoms with Crippen molar-refractivity contribution in [3.05, 3.63) is 29.8 Å². The molecule has 1 aliphatic heterocycles. The van der Waals surface area contributed by atoms with Gasteiger partial charge in [0.05, 0.1) is 12.4 Å². The van der Waals surface area contributed by atoms with Crippen LogP contribution in [-0.2, 0) is 14.8 Å². The Morgan fingerprint density at radius 1 is 1.23 bits per heavy atom. The number of nitrogens with zero attached hydrogens (tertiary/aromatic N) is 1. The number of hydrogen-bond acceptors (Lipinski definition) is 4. The summed E-state index contributed by atoms with van der Waals surface area (Å²) in [5.74, 6) is 1.49. The smallest absolute Gasteiger partial charge is 0.219 e. The molecule has 144 valence electrons. The minimum atomic E-state index is -3.29. The summed E-state index contributed by atoms with van der Waals surface area (Å²) in [4.78, 5) is 13.5. The molecule has 0 radical (unpaired) electrons. The Morgan fingerprint density at radius 2 is 1.92 bits per heavy atom. The number of ether oxygens (including phenoxy) is 1. The van der Waals surface area contributed by atoms with E-state index in [9.17, 15) is 13.2 Å². The van der Waals surface area contributed by atoms with Crippen molar-refractivity contribution in [1.82, 2.24) is 9.62 Å². The van der Waals surface area contributed by atoms with Gasteiger partial charge in [-0.25, -0.2) is 13.1 Å². The van der Waals surface area contributed by atoms with Crippen molar-refractivity contribution >= 4 is 15.9 Å². The van der Waals surface area contributed by atoms with Gasteiger partial charge in [-0.2, -0.15) is 0 Å². The lowest BCUT2D eigenvalue weighted by Crippen LogP contribution is -2.53. The minimum Gasteiger partial charge on any atom is -0.493 e. The monoisotopic (exact) mass is 380 g/mol. The number of benzene rings is 1. The average Bonchev–Trinajstić information content (AvgIpc) is 3.46. The van der Waals surface area contributed by atoms with Crippen LogP contribution in [0.15, 0.2) is 24.3 Å². The standard InChI is InChI=1S/C19H28N2O4S/c1-3-26(23,24)20-19-10-11-21(14(2)22)12-17(19)13-25-18-8-6-16(7-9-18)15-4-5-15/h6-9,15,17,19-20H,3-5,10-13H2,1-2H3/t17-,19+/m0/s1. The van der Waals surface area contributed by atoms with E-state index in [0.717, 1.165) is 5.75 Å². The Bertz CT molecular complexity index is 728. The lowest BCUT2D eigenvalue weighted by atomic mass is 9.93. The van der Waals surface area contributed by atoms with Crippen LogP contribution in [0, 0.1) is 5.92 Å². The fourth-order valence-corrected chi connectivity index (χ4v) is 4.35. The van der Waals surface area contributed by atoms with Crippen LogP contribution < -0.4 is 9.46 Å². The van der Waals surface area contributed by atoms with Crippen LogP contribution in [0.4, 0.5) is 0 Å². The molecule has 3 rings (SSSR count). The van der Waals surface area contributed by atoms with E-state index in [1.54, 1.807) is 18.7 Å². The van der Waals surface area contributed by atoms with Crippen LogP contribution in [0.1, 0.15) is 44.6 Å². The minimum absolute atomic E-state index is 0.0144. The molecular formula is C19H28N2O4S. The lowest BCUT2D eigenvalue weighted by molar-refractivity contribution is -0.131. The number of nitrogens with one attached hydrogen (secondary N) is 1. The van der Waals surface area contributed by atoms with Gasteiger partial charge in [-0.05, 0) is 49.8 Å².